The van der Waals surface area contributed by atoms with Gasteiger partial charge in [-0.05, 0) is 33.1 Å². The highest BCUT2D eigenvalue weighted by Crippen LogP contribution is 2.18. The van der Waals surface area contributed by atoms with Crippen molar-refractivity contribution in [2.75, 3.05) is 0 Å². The van der Waals surface area contributed by atoms with Crippen LogP contribution in [0.4, 0.5) is 4.79 Å². The zero-order valence-electron chi connectivity index (χ0n) is 8.21. The maximum absolute atomic E-state index is 11.2. The third kappa shape index (κ3) is 3.22. The number of carbonyl (C=O) groups is 1. The van der Waals surface area contributed by atoms with Crippen LogP contribution in [0.1, 0.15) is 33.1 Å². The zero-order chi connectivity index (χ0) is 9.84. The van der Waals surface area contributed by atoms with Crippen LogP contribution < -0.4 is 10.6 Å². The lowest BCUT2D eigenvalue weighted by atomic mass is 10.2. The molecule has 0 bridgehead atoms. The predicted octanol–water partition coefficient (Wildman–Crippen LogP) is 0.607. The van der Waals surface area contributed by atoms with Crippen LogP contribution in [0.3, 0.4) is 0 Å². The van der Waals surface area contributed by atoms with Gasteiger partial charge < -0.3 is 15.7 Å². The predicted molar refractivity (Wildman–Crippen MR) is 50.4 cm³/mol. The summed E-state index contributed by atoms with van der Waals surface area (Å²) in [4.78, 5) is 11.2. The molecular weight excluding hydrogens is 168 g/mol. The molecule has 0 radical (unpaired) electrons. The molecule has 0 aromatic rings. The lowest BCUT2D eigenvalue weighted by molar-refractivity contribution is 0.149. The fourth-order valence-electron chi connectivity index (χ4n) is 1.58. The molecule has 1 aliphatic rings. The van der Waals surface area contributed by atoms with Crippen LogP contribution in [0, 0.1) is 0 Å². The van der Waals surface area contributed by atoms with Gasteiger partial charge in [0.15, 0.2) is 0 Å². The Morgan fingerprint density at radius 3 is 2.62 bits per heavy atom. The number of hydrogen-bond donors (Lipinski definition) is 3. The van der Waals surface area contributed by atoms with E-state index >= 15 is 0 Å². The lowest BCUT2D eigenvalue weighted by Gasteiger charge is -2.17. The van der Waals surface area contributed by atoms with Crippen molar-refractivity contribution in [1.29, 1.82) is 0 Å². The first-order valence-electron chi connectivity index (χ1n) is 4.84. The highest BCUT2D eigenvalue weighted by atomic mass is 16.3. The molecule has 3 N–H and O–H groups in total. The molecule has 0 heterocycles. The number of rotatable bonds is 2. The molecule has 1 fully saturated rings. The Bertz CT molecular complexity index is 182. The number of hydrogen-bond acceptors (Lipinski definition) is 2. The minimum absolute atomic E-state index is 0.0567. The molecule has 1 aliphatic carbocycles. The van der Waals surface area contributed by atoms with Crippen LogP contribution >= 0.6 is 0 Å². The minimum atomic E-state index is -0.363. The number of amides is 2. The van der Waals surface area contributed by atoms with E-state index in [9.17, 15) is 9.90 Å². The van der Waals surface area contributed by atoms with Crippen molar-refractivity contribution in [1.82, 2.24) is 10.6 Å². The van der Waals surface area contributed by atoms with Gasteiger partial charge in [-0.3, -0.25) is 0 Å². The SMILES string of the molecule is CC(C)NC(=O)NC1CCC[C@@H]1O. The quantitative estimate of drug-likeness (QED) is 0.591. The van der Waals surface area contributed by atoms with E-state index in [1.54, 1.807) is 0 Å². The highest BCUT2D eigenvalue weighted by Gasteiger charge is 2.26. The molecule has 4 heteroatoms. The summed E-state index contributed by atoms with van der Waals surface area (Å²) >= 11 is 0. The standard InChI is InChI=1S/C9H18N2O2/c1-6(2)10-9(13)11-7-4-3-5-8(7)12/h6-8,12H,3-5H2,1-2H3,(H2,10,11,13)/t7?,8-/m0/s1. The van der Waals surface area contributed by atoms with Gasteiger partial charge in [0.25, 0.3) is 0 Å². The van der Waals surface area contributed by atoms with E-state index < -0.39 is 0 Å². The molecule has 0 aromatic carbocycles. The second kappa shape index (κ2) is 4.46. The van der Waals surface area contributed by atoms with Gasteiger partial charge in [0.1, 0.15) is 0 Å². The number of aliphatic hydroxyl groups is 1. The number of urea groups is 1. The van der Waals surface area contributed by atoms with Crippen molar-refractivity contribution in [3.8, 4) is 0 Å². The van der Waals surface area contributed by atoms with Gasteiger partial charge in [-0.2, -0.15) is 0 Å². The monoisotopic (exact) mass is 186 g/mol. The number of carbonyl (C=O) groups excluding carboxylic acids is 1. The first-order chi connectivity index (χ1) is 6.09. The van der Waals surface area contributed by atoms with Crippen molar-refractivity contribution in [3.63, 3.8) is 0 Å². The summed E-state index contributed by atoms with van der Waals surface area (Å²) in [5.74, 6) is 0. The fraction of sp³-hybridized carbons (Fsp3) is 0.889. The maximum atomic E-state index is 11.2. The van der Waals surface area contributed by atoms with E-state index in [4.69, 9.17) is 0 Å². The van der Waals surface area contributed by atoms with Crippen LogP contribution in [-0.2, 0) is 0 Å². The van der Waals surface area contributed by atoms with Crippen molar-refractivity contribution in [2.24, 2.45) is 0 Å². The Hall–Kier alpha value is -0.770. The highest BCUT2D eigenvalue weighted by molar-refractivity contribution is 5.74. The van der Waals surface area contributed by atoms with Crippen LogP contribution in [0.15, 0.2) is 0 Å². The summed E-state index contributed by atoms with van der Waals surface area (Å²) in [6, 6.07) is -0.0988. The molecule has 0 aliphatic heterocycles. The second-order valence-electron chi connectivity index (χ2n) is 3.88. The summed E-state index contributed by atoms with van der Waals surface area (Å²) in [5.41, 5.74) is 0. The molecule has 2 atom stereocenters. The molecule has 1 unspecified atom stereocenters. The smallest absolute Gasteiger partial charge is 0.315 e. The summed E-state index contributed by atoms with van der Waals surface area (Å²) < 4.78 is 0. The number of aliphatic hydroxyl groups excluding tert-OH is 1. The van der Waals surface area contributed by atoms with E-state index in [1.807, 2.05) is 13.8 Å². The zero-order valence-corrected chi connectivity index (χ0v) is 8.21. The van der Waals surface area contributed by atoms with E-state index in [1.165, 1.54) is 0 Å². The van der Waals surface area contributed by atoms with Gasteiger partial charge in [-0.1, -0.05) is 0 Å². The third-order valence-electron chi connectivity index (χ3n) is 2.22. The summed E-state index contributed by atoms with van der Waals surface area (Å²) in [6.45, 7) is 3.81. The number of nitrogens with one attached hydrogen (secondary N) is 2. The fourth-order valence-corrected chi connectivity index (χ4v) is 1.58. The Kier molecular flexibility index (Phi) is 3.54. The Labute approximate surface area is 78.7 Å². The first-order valence-corrected chi connectivity index (χ1v) is 4.84. The Balaban J connectivity index is 2.27. The summed E-state index contributed by atoms with van der Waals surface area (Å²) in [6.07, 6.45) is 2.31. The molecule has 1 saturated carbocycles. The van der Waals surface area contributed by atoms with Crippen LogP contribution in [0.5, 0.6) is 0 Å². The first kappa shape index (κ1) is 10.3. The normalized spacial score (nSPS) is 27.7. The topological polar surface area (TPSA) is 61.4 Å². The molecule has 0 aromatic heterocycles. The Morgan fingerprint density at radius 1 is 1.46 bits per heavy atom. The van der Waals surface area contributed by atoms with Crippen LogP contribution in [0.2, 0.25) is 0 Å². The Morgan fingerprint density at radius 2 is 2.15 bits per heavy atom. The van der Waals surface area contributed by atoms with Gasteiger partial charge in [-0.15, -0.1) is 0 Å². The molecule has 0 saturated heterocycles. The van der Waals surface area contributed by atoms with Gasteiger partial charge in [-0.25, -0.2) is 4.79 Å². The average molecular weight is 186 g/mol. The largest absolute Gasteiger partial charge is 0.391 e. The maximum Gasteiger partial charge on any atom is 0.315 e. The van der Waals surface area contributed by atoms with Gasteiger partial charge in [0.2, 0.25) is 0 Å². The van der Waals surface area contributed by atoms with Crippen molar-refractivity contribution >= 4 is 6.03 Å². The third-order valence-corrected chi connectivity index (χ3v) is 2.22. The molecule has 76 valence electrons. The second-order valence-corrected chi connectivity index (χ2v) is 3.88. The molecule has 2 amide bonds. The van der Waals surface area contributed by atoms with Gasteiger partial charge in [0, 0.05) is 6.04 Å². The molecule has 0 spiro atoms. The van der Waals surface area contributed by atoms with Crippen molar-refractivity contribution in [3.05, 3.63) is 0 Å². The van der Waals surface area contributed by atoms with E-state index in [0.29, 0.717) is 0 Å². The van der Waals surface area contributed by atoms with Crippen LogP contribution in [-0.4, -0.2) is 29.3 Å². The van der Waals surface area contributed by atoms with E-state index in [2.05, 4.69) is 10.6 Å². The minimum Gasteiger partial charge on any atom is -0.391 e. The van der Waals surface area contributed by atoms with Gasteiger partial charge >= 0.3 is 6.03 Å². The average Bonchev–Trinajstić information content (AvgIpc) is 2.34. The van der Waals surface area contributed by atoms with Crippen LogP contribution in [0.25, 0.3) is 0 Å². The molecular formula is C9H18N2O2. The molecule has 4 nitrogen and oxygen atoms in total. The summed E-state index contributed by atoms with van der Waals surface area (Å²) in [5, 5.41) is 14.9. The van der Waals surface area contributed by atoms with Crippen molar-refractivity contribution in [2.45, 2.75) is 51.3 Å². The molecule has 13 heavy (non-hydrogen) atoms. The van der Waals surface area contributed by atoms with Gasteiger partial charge in [0.05, 0.1) is 12.1 Å². The van der Waals surface area contributed by atoms with E-state index in [0.717, 1.165) is 19.3 Å². The lowest BCUT2D eigenvalue weighted by Crippen LogP contribution is -2.47. The van der Waals surface area contributed by atoms with E-state index in [-0.39, 0.29) is 24.2 Å². The summed E-state index contributed by atoms with van der Waals surface area (Å²) in [7, 11) is 0. The molecule has 1 rings (SSSR count). The van der Waals surface area contributed by atoms with Crippen molar-refractivity contribution < 1.29 is 9.90 Å².